The van der Waals surface area contributed by atoms with Crippen molar-refractivity contribution in [1.82, 2.24) is 4.98 Å². The highest BCUT2D eigenvalue weighted by Crippen LogP contribution is 2.26. The summed E-state index contributed by atoms with van der Waals surface area (Å²) in [7, 11) is 0. The summed E-state index contributed by atoms with van der Waals surface area (Å²) in [6, 6.07) is 14.4. The van der Waals surface area contributed by atoms with E-state index in [1.54, 1.807) is 0 Å². The highest BCUT2D eigenvalue weighted by Gasteiger charge is 2.04. The van der Waals surface area contributed by atoms with Crippen molar-refractivity contribution in [2.24, 2.45) is 0 Å². The summed E-state index contributed by atoms with van der Waals surface area (Å²) in [6.45, 7) is 0.176. The lowest BCUT2D eigenvalue weighted by Gasteiger charge is -2.02. The Morgan fingerprint density at radius 2 is 1.90 bits per heavy atom. The quantitative estimate of drug-likeness (QED) is 0.700. The number of carbonyl (C=O) groups is 1. The Labute approximate surface area is 116 Å². The highest BCUT2D eigenvalue weighted by molar-refractivity contribution is 6.07. The van der Waals surface area contributed by atoms with E-state index in [0.717, 1.165) is 16.6 Å². The van der Waals surface area contributed by atoms with Crippen LogP contribution in [0.25, 0.3) is 21.8 Å². The van der Waals surface area contributed by atoms with E-state index in [1.807, 2.05) is 18.2 Å². The average Bonchev–Trinajstić information content (AvgIpc) is 2.81. The number of fused-ring (bicyclic) bond motifs is 3. The van der Waals surface area contributed by atoms with Gasteiger partial charge in [0, 0.05) is 21.8 Å². The van der Waals surface area contributed by atoms with Crippen LogP contribution in [0.3, 0.4) is 0 Å². The molecule has 0 aliphatic heterocycles. The number of carboxylic acids is 1. The number of para-hydroxylation sites is 1. The largest absolute Gasteiger partial charge is 0.480 e. The number of benzene rings is 2. The molecule has 0 aliphatic carbocycles. The molecule has 0 saturated carbocycles. The molecule has 2 aromatic carbocycles. The Hall–Kier alpha value is -2.33. The van der Waals surface area contributed by atoms with Crippen LogP contribution < -0.4 is 0 Å². The number of rotatable bonds is 5. The van der Waals surface area contributed by atoms with Crippen molar-refractivity contribution >= 4 is 27.8 Å². The fraction of sp³-hybridized carbons (Fsp3) is 0.188. The molecule has 3 rings (SSSR count). The van der Waals surface area contributed by atoms with Gasteiger partial charge in [0.15, 0.2) is 0 Å². The van der Waals surface area contributed by atoms with Crippen LogP contribution in [0.15, 0.2) is 42.5 Å². The summed E-state index contributed by atoms with van der Waals surface area (Å²) < 4.78 is 5.07. The van der Waals surface area contributed by atoms with Crippen molar-refractivity contribution in [3.63, 3.8) is 0 Å². The van der Waals surface area contributed by atoms with Gasteiger partial charge in [-0.2, -0.15) is 0 Å². The average molecular weight is 269 g/mol. The molecule has 0 atom stereocenters. The topological polar surface area (TPSA) is 62.3 Å². The Balaban J connectivity index is 1.82. The van der Waals surface area contributed by atoms with E-state index in [9.17, 15) is 4.79 Å². The van der Waals surface area contributed by atoms with Crippen LogP contribution in [0.5, 0.6) is 0 Å². The minimum atomic E-state index is -0.933. The molecular weight excluding hydrogens is 254 g/mol. The summed E-state index contributed by atoms with van der Waals surface area (Å²) in [5, 5.41) is 10.9. The van der Waals surface area contributed by atoms with Crippen molar-refractivity contribution in [1.29, 1.82) is 0 Å². The van der Waals surface area contributed by atoms with E-state index in [4.69, 9.17) is 9.84 Å². The molecule has 0 amide bonds. The minimum absolute atomic E-state index is 0.241. The standard InChI is InChI=1S/C16H15NO3/c18-16(19)10-20-8-7-11-5-6-15-13(9-11)12-3-1-2-4-14(12)17-15/h1-6,9,17H,7-8,10H2,(H,18,19). The molecule has 4 heteroatoms. The Kier molecular flexibility index (Phi) is 3.39. The number of aliphatic carboxylic acids is 1. The Morgan fingerprint density at radius 3 is 2.75 bits per heavy atom. The lowest BCUT2D eigenvalue weighted by atomic mass is 10.1. The van der Waals surface area contributed by atoms with Gasteiger partial charge in [0.25, 0.3) is 0 Å². The van der Waals surface area contributed by atoms with E-state index in [0.29, 0.717) is 13.0 Å². The summed E-state index contributed by atoms with van der Waals surface area (Å²) in [5.74, 6) is -0.933. The number of nitrogens with one attached hydrogen (secondary N) is 1. The second-order valence-corrected chi connectivity index (χ2v) is 4.75. The van der Waals surface area contributed by atoms with Gasteiger partial charge in [-0.15, -0.1) is 0 Å². The third-order valence-electron chi connectivity index (χ3n) is 3.33. The van der Waals surface area contributed by atoms with Crippen molar-refractivity contribution < 1.29 is 14.6 Å². The van der Waals surface area contributed by atoms with Gasteiger partial charge in [-0.05, 0) is 30.2 Å². The SMILES string of the molecule is O=C(O)COCCc1ccc2[nH]c3ccccc3c2c1. The molecule has 0 aliphatic rings. The second-order valence-electron chi connectivity index (χ2n) is 4.75. The van der Waals surface area contributed by atoms with Crippen molar-refractivity contribution in [3.05, 3.63) is 48.0 Å². The Bertz CT molecular complexity index is 761. The van der Waals surface area contributed by atoms with Gasteiger partial charge in [-0.25, -0.2) is 4.79 Å². The van der Waals surface area contributed by atoms with Crippen LogP contribution in [0.4, 0.5) is 0 Å². The number of carboxylic acid groups (broad SMARTS) is 1. The molecule has 0 bridgehead atoms. The molecule has 0 unspecified atom stereocenters. The molecular formula is C16H15NO3. The van der Waals surface area contributed by atoms with Gasteiger partial charge in [0.1, 0.15) is 6.61 Å². The summed E-state index contributed by atoms with van der Waals surface area (Å²) in [4.78, 5) is 13.7. The van der Waals surface area contributed by atoms with E-state index in [-0.39, 0.29) is 6.61 Å². The normalized spacial score (nSPS) is 11.2. The lowest BCUT2D eigenvalue weighted by molar-refractivity contribution is -0.142. The van der Waals surface area contributed by atoms with Crippen LogP contribution in [-0.4, -0.2) is 29.3 Å². The molecule has 0 saturated heterocycles. The van der Waals surface area contributed by atoms with E-state index in [1.165, 1.54) is 10.8 Å². The molecule has 2 N–H and O–H groups in total. The van der Waals surface area contributed by atoms with Gasteiger partial charge >= 0.3 is 5.97 Å². The van der Waals surface area contributed by atoms with Crippen LogP contribution in [0.2, 0.25) is 0 Å². The maximum atomic E-state index is 10.4. The maximum Gasteiger partial charge on any atom is 0.329 e. The summed E-state index contributed by atoms with van der Waals surface area (Å²) >= 11 is 0. The second kappa shape index (κ2) is 5.35. The maximum absolute atomic E-state index is 10.4. The van der Waals surface area contributed by atoms with E-state index >= 15 is 0 Å². The summed E-state index contributed by atoms with van der Waals surface area (Å²) in [6.07, 6.45) is 0.711. The zero-order chi connectivity index (χ0) is 13.9. The number of H-pyrrole nitrogens is 1. The Morgan fingerprint density at radius 1 is 1.10 bits per heavy atom. The van der Waals surface area contributed by atoms with Gasteiger partial charge in [0.05, 0.1) is 6.61 Å². The van der Waals surface area contributed by atoms with Crippen LogP contribution >= 0.6 is 0 Å². The zero-order valence-corrected chi connectivity index (χ0v) is 10.9. The van der Waals surface area contributed by atoms with Crippen molar-refractivity contribution in [2.75, 3.05) is 13.2 Å². The zero-order valence-electron chi connectivity index (χ0n) is 10.9. The third-order valence-corrected chi connectivity index (χ3v) is 3.33. The molecule has 3 aromatic rings. The molecule has 20 heavy (non-hydrogen) atoms. The number of ether oxygens (including phenoxy) is 1. The first-order chi connectivity index (χ1) is 9.74. The van der Waals surface area contributed by atoms with Gasteiger partial charge in [-0.1, -0.05) is 24.3 Å². The number of hydrogen-bond donors (Lipinski definition) is 2. The molecule has 0 spiro atoms. The van der Waals surface area contributed by atoms with E-state index in [2.05, 4.69) is 29.2 Å². The molecule has 102 valence electrons. The first kappa shape index (κ1) is 12.7. The molecule has 0 fully saturated rings. The smallest absolute Gasteiger partial charge is 0.329 e. The monoisotopic (exact) mass is 269 g/mol. The predicted octanol–water partition coefficient (Wildman–Crippen LogP) is 2.96. The van der Waals surface area contributed by atoms with Crippen LogP contribution in [-0.2, 0) is 16.0 Å². The van der Waals surface area contributed by atoms with Crippen molar-refractivity contribution in [2.45, 2.75) is 6.42 Å². The molecule has 1 aromatic heterocycles. The van der Waals surface area contributed by atoms with Crippen molar-refractivity contribution in [3.8, 4) is 0 Å². The number of hydrogen-bond acceptors (Lipinski definition) is 2. The van der Waals surface area contributed by atoms with Crippen LogP contribution in [0.1, 0.15) is 5.56 Å². The lowest BCUT2D eigenvalue weighted by Crippen LogP contribution is -2.08. The highest BCUT2D eigenvalue weighted by atomic mass is 16.5. The van der Waals surface area contributed by atoms with Gasteiger partial charge in [0.2, 0.25) is 0 Å². The number of aromatic nitrogens is 1. The van der Waals surface area contributed by atoms with Gasteiger partial charge < -0.3 is 14.8 Å². The molecule has 0 radical (unpaired) electrons. The minimum Gasteiger partial charge on any atom is -0.480 e. The predicted molar refractivity (Wildman–Crippen MR) is 78.0 cm³/mol. The first-order valence-corrected chi connectivity index (χ1v) is 6.53. The van der Waals surface area contributed by atoms with E-state index < -0.39 is 5.97 Å². The number of aromatic amines is 1. The third kappa shape index (κ3) is 2.51. The first-order valence-electron chi connectivity index (χ1n) is 6.53. The van der Waals surface area contributed by atoms with Crippen LogP contribution in [0, 0.1) is 0 Å². The van der Waals surface area contributed by atoms with Gasteiger partial charge in [-0.3, -0.25) is 0 Å². The fourth-order valence-corrected chi connectivity index (χ4v) is 2.40. The molecule has 4 nitrogen and oxygen atoms in total. The summed E-state index contributed by atoms with van der Waals surface area (Å²) in [5.41, 5.74) is 3.39. The fourth-order valence-electron chi connectivity index (χ4n) is 2.40. The molecule has 1 heterocycles.